The number of anilines is 1. The normalized spacial score (nSPS) is 19.5. The van der Waals surface area contributed by atoms with E-state index in [2.05, 4.69) is 10.6 Å². The van der Waals surface area contributed by atoms with Crippen LogP contribution < -0.4 is 10.6 Å². The predicted octanol–water partition coefficient (Wildman–Crippen LogP) is 6.14. The van der Waals surface area contributed by atoms with E-state index in [0.29, 0.717) is 13.1 Å². The molecule has 282 valence electrons. The van der Waals surface area contributed by atoms with Gasteiger partial charge in [0, 0.05) is 24.3 Å². The van der Waals surface area contributed by atoms with E-state index in [-0.39, 0.29) is 40.2 Å². The second kappa shape index (κ2) is 16.2. The summed E-state index contributed by atoms with van der Waals surface area (Å²) < 4.78 is 49.7. The first-order valence-electron chi connectivity index (χ1n) is 17.8. The van der Waals surface area contributed by atoms with Gasteiger partial charge < -0.3 is 25.2 Å². The fourth-order valence-corrected chi connectivity index (χ4v) is 9.24. The Labute approximate surface area is 314 Å². The Morgan fingerprint density at radius 2 is 1.57 bits per heavy atom. The van der Waals surface area contributed by atoms with E-state index in [1.807, 2.05) is 44.2 Å². The fraction of sp³-hybridized carbons (Fsp3) is 0.317. The van der Waals surface area contributed by atoms with Crippen molar-refractivity contribution in [1.82, 2.24) is 15.1 Å². The molecular weight excluding hydrogens is 712 g/mol. The first-order valence-corrected chi connectivity index (χ1v) is 19.4. The van der Waals surface area contributed by atoms with E-state index >= 15 is 4.39 Å². The monoisotopic (exact) mass is 754 g/mol. The maximum Gasteiger partial charge on any atom is 0.338 e. The molecule has 4 aromatic rings. The molecule has 2 aliphatic heterocycles. The molecule has 2 saturated heterocycles. The van der Waals surface area contributed by atoms with Crippen molar-refractivity contribution in [3.8, 4) is 0 Å². The second-order valence-corrected chi connectivity index (χ2v) is 16.6. The molecule has 54 heavy (non-hydrogen) atoms. The number of nitrogens with one attached hydrogen (secondary N) is 2. The van der Waals surface area contributed by atoms with Crippen molar-refractivity contribution in [2.75, 3.05) is 25.0 Å². The minimum absolute atomic E-state index is 0.0142. The molecule has 2 fully saturated rings. The molecule has 4 amide bonds. The molecule has 0 saturated carbocycles. The van der Waals surface area contributed by atoms with Gasteiger partial charge in [-0.25, -0.2) is 22.4 Å². The van der Waals surface area contributed by atoms with Crippen LogP contribution in [0.5, 0.6) is 0 Å². The molecule has 11 nitrogen and oxygen atoms in total. The van der Waals surface area contributed by atoms with E-state index in [1.54, 1.807) is 41.3 Å². The van der Waals surface area contributed by atoms with Crippen molar-refractivity contribution in [2.45, 2.75) is 61.9 Å². The Kier molecular flexibility index (Phi) is 11.5. The number of hydrogen-bond acceptors (Lipinski definition) is 7. The van der Waals surface area contributed by atoms with Crippen molar-refractivity contribution < 1.29 is 36.7 Å². The molecule has 0 spiro atoms. The highest BCUT2D eigenvalue weighted by atomic mass is 32.2. The van der Waals surface area contributed by atoms with E-state index in [0.717, 1.165) is 23.3 Å². The first-order chi connectivity index (χ1) is 25.8. The smallest absolute Gasteiger partial charge is 0.338 e. The lowest BCUT2D eigenvalue weighted by Crippen LogP contribution is -2.54. The third-order valence-electron chi connectivity index (χ3n) is 9.89. The average molecular weight is 755 g/mol. The quantitative estimate of drug-likeness (QED) is 0.185. The molecule has 13 heteroatoms. The van der Waals surface area contributed by atoms with Gasteiger partial charge >= 0.3 is 12.0 Å². The van der Waals surface area contributed by atoms with Crippen LogP contribution in [0.3, 0.4) is 0 Å². The highest BCUT2D eigenvalue weighted by molar-refractivity contribution is 7.92. The van der Waals surface area contributed by atoms with Crippen LogP contribution in [0, 0.1) is 11.2 Å². The molecule has 2 N–H and O–H groups in total. The Morgan fingerprint density at radius 1 is 0.889 bits per heavy atom. The summed E-state index contributed by atoms with van der Waals surface area (Å²) in [6, 6.07) is 25.1. The Balaban J connectivity index is 1.25. The number of likely N-dealkylation sites (tertiary alicyclic amines) is 2. The largest absolute Gasteiger partial charge is 0.457 e. The molecule has 2 aliphatic rings. The third-order valence-corrected chi connectivity index (χ3v) is 12.1. The molecule has 2 heterocycles. The van der Waals surface area contributed by atoms with Gasteiger partial charge in [-0.1, -0.05) is 86.6 Å². The van der Waals surface area contributed by atoms with Crippen LogP contribution in [0.2, 0.25) is 0 Å². The summed E-state index contributed by atoms with van der Waals surface area (Å²) in [6.07, 6.45) is 1.36. The number of ether oxygens (including phenoxy) is 1. The number of urea groups is 1. The number of benzene rings is 4. The van der Waals surface area contributed by atoms with Gasteiger partial charge in [0.1, 0.15) is 18.5 Å². The zero-order valence-electron chi connectivity index (χ0n) is 30.1. The van der Waals surface area contributed by atoms with Crippen LogP contribution in [0.4, 0.5) is 14.9 Å². The summed E-state index contributed by atoms with van der Waals surface area (Å²) in [5.41, 5.74) is 1.00. The standard InChI is InChI=1S/C41H43FN4O7S/c1-41(2)21-12-22-45(27-41)38(48)34-24-35(54(51,52)31-17-7-4-8-18-31)37(32-19-9-10-20-33(32)42)46(34)36(47)25-43-40(50)44-30-16-11-15-29(23-30)39(49)53-26-28-13-5-3-6-14-28/h3-11,13-20,23,34-35,37H,12,21-22,24-27H2,1-2H3,(H2,43,44,50). The number of amides is 4. The predicted molar refractivity (Wildman–Crippen MR) is 200 cm³/mol. The number of carbonyl (C=O) groups is 4. The van der Waals surface area contributed by atoms with Crippen LogP contribution in [-0.4, -0.2) is 73.0 Å². The summed E-state index contributed by atoms with van der Waals surface area (Å²) in [5, 5.41) is 3.73. The number of carbonyl (C=O) groups excluding carboxylic acids is 4. The molecule has 0 bridgehead atoms. The lowest BCUT2D eigenvalue weighted by molar-refractivity contribution is -0.146. The summed E-state index contributed by atoms with van der Waals surface area (Å²) in [5.74, 6) is -2.52. The number of nitrogens with zero attached hydrogens (tertiary/aromatic N) is 2. The van der Waals surface area contributed by atoms with Gasteiger partial charge in [0.05, 0.1) is 28.3 Å². The molecule has 0 aromatic heterocycles. The maximum absolute atomic E-state index is 15.7. The summed E-state index contributed by atoms with van der Waals surface area (Å²) >= 11 is 0. The molecule has 0 radical (unpaired) electrons. The van der Waals surface area contributed by atoms with Crippen LogP contribution in [0.1, 0.15) is 60.6 Å². The number of piperidine rings is 1. The molecule has 4 aromatic carbocycles. The number of sulfone groups is 1. The van der Waals surface area contributed by atoms with E-state index < -0.39 is 63.3 Å². The van der Waals surface area contributed by atoms with E-state index in [1.165, 1.54) is 42.5 Å². The summed E-state index contributed by atoms with van der Waals surface area (Å²) in [7, 11) is -4.21. The minimum atomic E-state index is -4.21. The SMILES string of the molecule is CC1(C)CCCN(C(=O)C2CC(S(=O)(=O)c3ccccc3)C(c3ccccc3F)N2C(=O)CNC(=O)Nc2cccc(C(=O)OCc3ccccc3)c2)C1. The van der Waals surface area contributed by atoms with Gasteiger partial charge in [-0.2, -0.15) is 0 Å². The van der Waals surface area contributed by atoms with Crippen LogP contribution >= 0.6 is 0 Å². The summed E-state index contributed by atoms with van der Waals surface area (Å²) in [6.45, 7) is 4.35. The Bertz CT molecular complexity index is 2110. The highest BCUT2D eigenvalue weighted by Gasteiger charge is 2.54. The Morgan fingerprint density at radius 3 is 2.28 bits per heavy atom. The zero-order valence-corrected chi connectivity index (χ0v) is 30.9. The van der Waals surface area contributed by atoms with Crippen LogP contribution in [0.15, 0.2) is 114 Å². The zero-order chi connectivity index (χ0) is 38.5. The van der Waals surface area contributed by atoms with Gasteiger partial charge in [0.15, 0.2) is 9.84 Å². The van der Waals surface area contributed by atoms with Gasteiger partial charge in [0.25, 0.3) is 0 Å². The van der Waals surface area contributed by atoms with Crippen LogP contribution in [-0.2, 0) is 30.8 Å². The Hall–Kier alpha value is -5.56. The van der Waals surface area contributed by atoms with Crippen molar-refractivity contribution in [3.63, 3.8) is 0 Å². The number of esters is 1. The lowest BCUT2D eigenvalue weighted by atomic mass is 9.84. The van der Waals surface area contributed by atoms with Crippen molar-refractivity contribution >= 4 is 39.3 Å². The molecule has 6 rings (SSSR count). The van der Waals surface area contributed by atoms with Crippen molar-refractivity contribution in [3.05, 3.63) is 132 Å². The molecule has 3 atom stereocenters. The second-order valence-electron chi connectivity index (χ2n) is 14.4. The minimum Gasteiger partial charge on any atom is -0.457 e. The maximum atomic E-state index is 15.7. The highest BCUT2D eigenvalue weighted by Crippen LogP contribution is 2.44. The molecule has 3 unspecified atom stereocenters. The van der Waals surface area contributed by atoms with Gasteiger partial charge in [-0.05, 0) is 66.6 Å². The first kappa shape index (κ1) is 38.2. The average Bonchev–Trinajstić information content (AvgIpc) is 3.58. The van der Waals surface area contributed by atoms with E-state index in [9.17, 15) is 27.6 Å². The third kappa shape index (κ3) is 8.62. The van der Waals surface area contributed by atoms with E-state index in [4.69, 9.17) is 4.74 Å². The molecular formula is C41H43FN4O7S. The van der Waals surface area contributed by atoms with Gasteiger partial charge in [-0.15, -0.1) is 0 Å². The molecule has 0 aliphatic carbocycles. The number of halogens is 1. The van der Waals surface area contributed by atoms with Gasteiger partial charge in [-0.3, -0.25) is 9.59 Å². The lowest BCUT2D eigenvalue weighted by Gasteiger charge is -2.40. The fourth-order valence-electron chi connectivity index (χ4n) is 7.31. The van der Waals surface area contributed by atoms with Crippen molar-refractivity contribution in [1.29, 1.82) is 0 Å². The van der Waals surface area contributed by atoms with Crippen LogP contribution in [0.25, 0.3) is 0 Å². The topological polar surface area (TPSA) is 142 Å². The number of rotatable bonds is 10. The summed E-state index contributed by atoms with van der Waals surface area (Å²) in [4.78, 5) is 57.3. The van der Waals surface area contributed by atoms with Crippen molar-refractivity contribution in [2.24, 2.45) is 5.41 Å². The van der Waals surface area contributed by atoms with Gasteiger partial charge in [0.2, 0.25) is 11.8 Å². The number of hydrogen-bond donors (Lipinski definition) is 2.